The van der Waals surface area contributed by atoms with Crippen molar-refractivity contribution in [3.63, 3.8) is 0 Å². The summed E-state index contributed by atoms with van der Waals surface area (Å²) >= 11 is 0. The van der Waals surface area contributed by atoms with Crippen LogP contribution in [0.25, 0.3) is 0 Å². The molecule has 0 spiro atoms. The molecule has 0 aliphatic heterocycles. The van der Waals surface area contributed by atoms with E-state index in [4.69, 9.17) is 15.1 Å². The number of hydrogen-bond acceptors (Lipinski definition) is 7. The van der Waals surface area contributed by atoms with Crippen molar-refractivity contribution in [3.05, 3.63) is 64.5 Å². The SMILES string of the molecule is Cn1oc(=O)nc1/C(=N/OCn1ccc(N)n1)c1ccccc1. The van der Waals surface area contributed by atoms with Gasteiger partial charge < -0.3 is 15.1 Å². The summed E-state index contributed by atoms with van der Waals surface area (Å²) in [5, 5.41) is 8.06. The lowest BCUT2D eigenvalue weighted by atomic mass is 10.1. The van der Waals surface area contributed by atoms with E-state index < -0.39 is 5.76 Å². The molecule has 118 valence electrons. The smallest absolute Gasteiger partial charge is 0.382 e. The molecule has 0 fully saturated rings. The van der Waals surface area contributed by atoms with Gasteiger partial charge in [-0.15, -0.1) is 0 Å². The van der Waals surface area contributed by atoms with Crippen molar-refractivity contribution in [2.24, 2.45) is 12.2 Å². The molecule has 0 saturated heterocycles. The first-order chi connectivity index (χ1) is 11.1. The fraction of sp³-hybridized carbons (Fsp3) is 0.143. The third kappa shape index (κ3) is 3.28. The van der Waals surface area contributed by atoms with Crippen LogP contribution in [0.3, 0.4) is 0 Å². The van der Waals surface area contributed by atoms with E-state index in [1.165, 1.54) is 9.42 Å². The number of oxime groups is 1. The van der Waals surface area contributed by atoms with Gasteiger partial charge in [0.15, 0.2) is 11.5 Å². The molecule has 9 nitrogen and oxygen atoms in total. The van der Waals surface area contributed by atoms with Gasteiger partial charge in [0.1, 0.15) is 5.82 Å². The number of hydrogen-bond donors (Lipinski definition) is 1. The summed E-state index contributed by atoms with van der Waals surface area (Å²) in [6.45, 7) is 0.0688. The average molecular weight is 314 g/mol. The summed E-state index contributed by atoms with van der Waals surface area (Å²) in [5.41, 5.74) is 6.64. The Balaban J connectivity index is 1.90. The predicted octanol–water partition coefficient (Wildman–Crippen LogP) is 0.579. The lowest BCUT2D eigenvalue weighted by Gasteiger charge is -2.06. The van der Waals surface area contributed by atoms with Crippen LogP contribution in [-0.2, 0) is 18.6 Å². The molecule has 0 aliphatic rings. The first kappa shape index (κ1) is 14.6. The summed E-state index contributed by atoms with van der Waals surface area (Å²) in [6.07, 6.45) is 1.67. The zero-order valence-corrected chi connectivity index (χ0v) is 12.3. The third-order valence-electron chi connectivity index (χ3n) is 2.98. The van der Waals surface area contributed by atoms with Crippen LogP contribution < -0.4 is 11.5 Å². The minimum Gasteiger partial charge on any atom is -0.382 e. The topological polar surface area (TPSA) is 113 Å². The van der Waals surface area contributed by atoms with E-state index in [1.807, 2.05) is 30.3 Å². The molecule has 2 heterocycles. The van der Waals surface area contributed by atoms with Gasteiger partial charge in [0, 0.05) is 24.9 Å². The van der Waals surface area contributed by atoms with Crippen LogP contribution in [0.5, 0.6) is 0 Å². The fourth-order valence-electron chi connectivity index (χ4n) is 1.96. The first-order valence-corrected chi connectivity index (χ1v) is 6.72. The van der Waals surface area contributed by atoms with E-state index in [-0.39, 0.29) is 12.6 Å². The van der Waals surface area contributed by atoms with Gasteiger partial charge >= 0.3 is 5.76 Å². The number of rotatable bonds is 5. The van der Waals surface area contributed by atoms with Crippen molar-refractivity contribution in [1.82, 2.24) is 19.5 Å². The first-order valence-electron chi connectivity index (χ1n) is 6.72. The summed E-state index contributed by atoms with van der Waals surface area (Å²) < 4.78 is 7.59. The summed E-state index contributed by atoms with van der Waals surface area (Å²) in [7, 11) is 1.57. The monoisotopic (exact) mass is 314 g/mol. The molecule has 0 radical (unpaired) electrons. The Kier molecular flexibility index (Phi) is 3.91. The highest BCUT2D eigenvalue weighted by atomic mass is 16.6. The quantitative estimate of drug-likeness (QED) is 0.544. The average Bonchev–Trinajstić information content (AvgIpc) is 3.10. The van der Waals surface area contributed by atoms with Gasteiger partial charge in [-0.3, -0.25) is 0 Å². The molecule has 0 saturated carbocycles. The molecule has 1 aromatic carbocycles. The summed E-state index contributed by atoms with van der Waals surface area (Å²) in [5.74, 6) is -0.0491. The van der Waals surface area contributed by atoms with Crippen LogP contribution in [0, 0.1) is 0 Å². The van der Waals surface area contributed by atoms with E-state index in [9.17, 15) is 4.79 Å². The molecule has 2 N–H and O–H groups in total. The van der Waals surface area contributed by atoms with Crippen LogP contribution in [0.15, 0.2) is 57.1 Å². The molecule has 9 heteroatoms. The fourth-order valence-corrected chi connectivity index (χ4v) is 1.96. The standard InChI is InChI=1S/C14H14N6O3/c1-19-13(16-14(21)23-19)12(10-5-3-2-4-6-10)18-22-9-20-8-7-11(15)17-20/h2-8H,9H2,1H3,(H2,15,17)/b18-12+. The molecular weight excluding hydrogens is 300 g/mol. The largest absolute Gasteiger partial charge is 0.460 e. The Hall–Kier alpha value is -3.36. The zero-order valence-electron chi connectivity index (χ0n) is 12.3. The summed E-state index contributed by atoms with van der Waals surface area (Å²) in [6, 6.07) is 10.9. The van der Waals surface area contributed by atoms with Gasteiger partial charge in [-0.1, -0.05) is 35.5 Å². The Morgan fingerprint density at radius 3 is 2.74 bits per heavy atom. The Morgan fingerprint density at radius 2 is 2.13 bits per heavy atom. The molecule has 0 atom stereocenters. The molecule has 0 aliphatic carbocycles. The highest BCUT2D eigenvalue weighted by Gasteiger charge is 2.16. The number of benzene rings is 1. The number of nitrogens with zero attached hydrogens (tertiary/aromatic N) is 5. The van der Waals surface area contributed by atoms with Crippen molar-refractivity contribution in [3.8, 4) is 0 Å². The normalized spacial score (nSPS) is 11.6. The van der Waals surface area contributed by atoms with Gasteiger partial charge in [-0.05, 0) is 0 Å². The highest BCUT2D eigenvalue weighted by molar-refractivity contribution is 6.10. The van der Waals surface area contributed by atoms with E-state index in [0.717, 1.165) is 5.56 Å². The summed E-state index contributed by atoms with van der Waals surface area (Å²) in [4.78, 5) is 20.4. The van der Waals surface area contributed by atoms with Crippen molar-refractivity contribution in [2.75, 3.05) is 5.73 Å². The minimum atomic E-state index is -0.703. The number of nitrogens with two attached hydrogens (primary N) is 1. The maximum atomic E-state index is 11.3. The van der Waals surface area contributed by atoms with Crippen LogP contribution in [0.1, 0.15) is 11.4 Å². The number of aryl methyl sites for hydroxylation is 1. The van der Waals surface area contributed by atoms with Crippen LogP contribution in [0.4, 0.5) is 5.82 Å². The Morgan fingerprint density at radius 1 is 1.35 bits per heavy atom. The molecule has 0 bridgehead atoms. The van der Waals surface area contributed by atoms with Gasteiger partial charge in [0.05, 0.1) is 0 Å². The van der Waals surface area contributed by atoms with E-state index >= 15 is 0 Å². The van der Waals surface area contributed by atoms with Crippen molar-refractivity contribution in [2.45, 2.75) is 6.73 Å². The second-order valence-corrected chi connectivity index (χ2v) is 4.63. The maximum absolute atomic E-state index is 11.3. The van der Waals surface area contributed by atoms with Crippen LogP contribution in [-0.4, -0.2) is 25.2 Å². The van der Waals surface area contributed by atoms with Crippen LogP contribution >= 0.6 is 0 Å². The van der Waals surface area contributed by atoms with Gasteiger partial charge in [0.25, 0.3) is 0 Å². The molecule has 0 amide bonds. The van der Waals surface area contributed by atoms with Crippen LogP contribution in [0.2, 0.25) is 0 Å². The highest BCUT2D eigenvalue weighted by Crippen LogP contribution is 2.08. The minimum absolute atomic E-state index is 0.0688. The maximum Gasteiger partial charge on any atom is 0.460 e. The van der Waals surface area contributed by atoms with Crippen molar-refractivity contribution < 1.29 is 9.36 Å². The van der Waals surface area contributed by atoms with E-state index in [0.29, 0.717) is 11.5 Å². The van der Waals surface area contributed by atoms with E-state index in [2.05, 4.69) is 15.2 Å². The molecule has 2 aromatic heterocycles. The van der Waals surface area contributed by atoms with Crippen molar-refractivity contribution >= 4 is 11.5 Å². The van der Waals surface area contributed by atoms with Gasteiger partial charge in [-0.2, -0.15) is 14.8 Å². The Bertz CT molecular complexity index is 877. The molecule has 3 aromatic rings. The number of nitrogen functional groups attached to an aromatic ring is 1. The van der Waals surface area contributed by atoms with Gasteiger partial charge in [-0.25, -0.2) is 9.48 Å². The molecule has 0 unspecified atom stereocenters. The number of aromatic nitrogens is 4. The second-order valence-electron chi connectivity index (χ2n) is 4.63. The third-order valence-corrected chi connectivity index (χ3v) is 2.98. The second kappa shape index (κ2) is 6.18. The lowest BCUT2D eigenvalue weighted by molar-refractivity contribution is 0.0755. The zero-order chi connectivity index (χ0) is 16.2. The molecule has 3 rings (SSSR count). The van der Waals surface area contributed by atoms with Crippen molar-refractivity contribution in [1.29, 1.82) is 0 Å². The van der Waals surface area contributed by atoms with Gasteiger partial charge in [0.2, 0.25) is 6.73 Å². The van der Waals surface area contributed by atoms with E-state index in [1.54, 1.807) is 19.3 Å². The number of anilines is 1. The Labute approximate surface area is 130 Å². The predicted molar refractivity (Wildman–Crippen MR) is 81.5 cm³/mol. The lowest BCUT2D eigenvalue weighted by Crippen LogP contribution is -2.12. The molecule has 23 heavy (non-hydrogen) atoms. The molecular formula is C14H14N6O3.